The van der Waals surface area contributed by atoms with Crippen molar-refractivity contribution in [3.8, 4) is 17.0 Å². The van der Waals surface area contributed by atoms with Crippen LogP contribution in [0.1, 0.15) is 100 Å². The van der Waals surface area contributed by atoms with Crippen LogP contribution in [0.5, 0.6) is 5.75 Å². The number of aryl methyl sites for hydroxylation is 2. The highest BCUT2D eigenvalue weighted by atomic mass is 16.5. The average molecular weight is 564 g/mol. The molecule has 5 rings (SSSR count). The van der Waals surface area contributed by atoms with E-state index in [1.165, 1.54) is 30.4 Å². The number of hydrogen-bond acceptors (Lipinski definition) is 2. The van der Waals surface area contributed by atoms with Crippen molar-refractivity contribution in [2.24, 2.45) is 0 Å². The van der Waals surface area contributed by atoms with Crippen LogP contribution in [0.4, 0.5) is 0 Å². The molecule has 5 nitrogen and oxygen atoms in total. The lowest BCUT2D eigenvalue weighted by Gasteiger charge is -2.24. The van der Waals surface area contributed by atoms with Crippen molar-refractivity contribution in [1.29, 1.82) is 0 Å². The van der Waals surface area contributed by atoms with Crippen LogP contribution in [0.15, 0.2) is 76.7 Å². The zero-order valence-corrected chi connectivity index (χ0v) is 26.1. The number of ether oxygens (including phenoxy) is 1. The molecule has 1 saturated carbocycles. The molecule has 1 N–H and O–H groups in total. The molecule has 0 spiro atoms. The highest BCUT2D eigenvalue weighted by Gasteiger charge is 2.27. The molecule has 220 valence electrons. The standard InChI is InChI=1S/C37H45N3O2/c1-7-26(4)36(42-34-16-12-11-13-27(34)5)30-19-17-29(18-20-30)24-39-33(23-25(2)3)35(32-21-22-38-28(32)6)40(37(39)41)31-14-9-8-10-15-31/h11-13,16-23,31,38H,7-10,14-15,24H2,1-6H3/b36-26+. The fourth-order valence-corrected chi connectivity index (χ4v) is 6.09. The Morgan fingerprint density at radius 1 is 0.976 bits per heavy atom. The number of benzene rings is 2. The second-order valence-corrected chi connectivity index (χ2v) is 12.0. The number of aromatic nitrogens is 3. The van der Waals surface area contributed by atoms with E-state index in [1.54, 1.807) is 0 Å². The minimum Gasteiger partial charge on any atom is -0.457 e. The van der Waals surface area contributed by atoms with Gasteiger partial charge in [0.25, 0.3) is 0 Å². The number of aromatic amines is 1. The Labute approximate surface area is 250 Å². The quantitative estimate of drug-likeness (QED) is 0.206. The van der Waals surface area contributed by atoms with Gasteiger partial charge in [-0.3, -0.25) is 9.13 Å². The van der Waals surface area contributed by atoms with E-state index >= 15 is 0 Å². The van der Waals surface area contributed by atoms with Gasteiger partial charge in [0.1, 0.15) is 11.5 Å². The molecule has 42 heavy (non-hydrogen) atoms. The summed E-state index contributed by atoms with van der Waals surface area (Å²) in [6.45, 7) is 13.2. The molecule has 0 atom stereocenters. The summed E-state index contributed by atoms with van der Waals surface area (Å²) < 4.78 is 10.6. The molecule has 2 aromatic carbocycles. The first-order chi connectivity index (χ1) is 20.3. The van der Waals surface area contributed by atoms with Gasteiger partial charge in [0.2, 0.25) is 0 Å². The minimum atomic E-state index is 0.0828. The van der Waals surface area contributed by atoms with Crippen molar-refractivity contribution in [2.45, 2.75) is 92.7 Å². The summed E-state index contributed by atoms with van der Waals surface area (Å²) in [4.78, 5) is 17.6. The first kappa shape index (κ1) is 29.5. The number of imidazole rings is 1. The van der Waals surface area contributed by atoms with Crippen LogP contribution in [0.3, 0.4) is 0 Å². The Hall–Kier alpha value is -3.99. The average Bonchev–Trinajstić information content (AvgIpc) is 3.52. The molecular weight excluding hydrogens is 518 g/mol. The Balaban J connectivity index is 1.56. The van der Waals surface area contributed by atoms with Gasteiger partial charge >= 0.3 is 5.69 Å². The van der Waals surface area contributed by atoms with E-state index in [-0.39, 0.29) is 11.7 Å². The molecule has 1 fully saturated rings. The predicted molar refractivity (Wildman–Crippen MR) is 175 cm³/mol. The van der Waals surface area contributed by atoms with Gasteiger partial charge in [0, 0.05) is 29.1 Å². The molecule has 0 bridgehead atoms. The van der Waals surface area contributed by atoms with Gasteiger partial charge in [-0.2, -0.15) is 0 Å². The van der Waals surface area contributed by atoms with Crippen molar-refractivity contribution < 1.29 is 4.74 Å². The van der Waals surface area contributed by atoms with Gasteiger partial charge in [-0.25, -0.2) is 4.79 Å². The summed E-state index contributed by atoms with van der Waals surface area (Å²) in [6, 6.07) is 19.0. The molecule has 0 radical (unpaired) electrons. The van der Waals surface area contributed by atoms with E-state index in [9.17, 15) is 4.79 Å². The van der Waals surface area contributed by atoms with Crippen molar-refractivity contribution >= 4 is 11.8 Å². The zero-order valence-electron chi connectivity index (χ0n) is 26.1. The van der Waals surface area contributed by atoms with E-state index in [0.717, 1.165) is 70.1 Å². The van der Waals surface area contributed by atoms with E-state index < -0.39 is 0 Å². The molecular formula is C37H45N3O2. The molecule has 0 unspecified atom stereocenters. The molecule has 0 saturated heterocycles. The lowest BCUT2D eigenvalue weighted by atomic mass is 9.94. The van der Waals surface area contributed by atoms with Crippen LogP contribution in [-0.4, -0.2) is 14.1 Å². The monoisotopic (exact) mass is 563 g/mol. The number of hydrogen-bond donors (Lipinski definition) is 1. The third-order valence-electron chi connectivity index (χ3n) is 8.57. The first-order valence-electron chi connectivity index (χ1n) is 15.4. The second kappa shape index (κ2) is 12.9. The van der Waals surface area contributed by atoms with E-state index in [0.29, 0.717) is 6.54 Å². The van der Waals surface area contributed by atoms with E-state index in [4.69, 9.17) is 4.74 Å². The summed E-state index contributed by atoms with van der Waals surface area (Å²) in [5.41, 5.74) is 9.92. The van der Waals surface area contributed by atoms with Crippen LogP contribution in [0, 0.1) is 13.8 Å². The summed E-state index contributed by atoms with van der Waals surface area (Å²) in [5, 5.41) is 0. The van der Waals surface area contributed by atoms with E-state index in [1.807, 2.05) is 29.0 Å². The van der Waals surface area contributed by atoms with Crippen LogP contribution in [0.2, 0.25) is 0 Å². The van der Waals surface area contributed by atoms with Gasteiger partial charge in [0.15, 0.2) is 0 Å². The normalized spacial score (nSPS) is 14.5. The lowest BCUT2D eigenvalue weighted by Crippen LogP contribution is -2.29. The Morgan fingerprint density at radius 2 is 1.69 bits per heavy atom. The van der Waals surface area contributed by atoms with Crippen LogP contribution in [-0.2, 0) is 6.54 Å². The smallest absolute Gasteiger partial charge is 0.329 e. The molecule has 1 aliphatic carbocycles. The van der Waals surface area contributed by atoms with Gasteiger partial charge in [0.05, 0.1) is 17.9 Å². The summed E-state index contributed by atoms with van der Waals surface area (Å²) in [5.74, 6) is 1.77. The Morgan fingerprint density at radius 3 is 2.31 bits per heavy atom. The van der Waals surface area contributed by atoms with Crippen LogP contribution < -0.4 is 10.4 Å². The SMILES string of the molecule is CC/C(C)=C(/Oc1ccccc1C)c1ccc(Cn2c(C=C(C)C)c(-c3cc[nH]c3C)n(C3CCCCC3)c2=O)cc1. The summed E-state index contributed by atoms with van der Waals surface area (Å²) in [7, 11) is 0. The molecule has 2 aromatic heterocycles. The number of para-hydroxylation sites is 1. The number of nitrogens with zero attached hydrogens (tertiary/aromatic N) is 2. The van der Waals surface area contributed by atoms with Gasteiger partial charge < -0.3 is 9.72 Å². The molecule has 4 aromatic rings. The number of allylic oxidation sites excluding steroid dienone is 2. The van der Waals surface area contributed by atoms with Crippen molar-refractivity contribution in [2.75, 3.05) is 0 Å². The predicted octanol–water partition coefficient (Wildman–Crippen LogP) is 9.46. The Bertz CT molecular complexity index is 1650. The maximum atomic E-state index is 14.3. The number of nitrogens with one attached hydrogen (secondary N) is 1. The summed E-state index contributed by atoms with van der Waals surface area (Å²) >= 11 is 0. The lowest BCUT2D eigenvalue weighted by molar-refractivity contribution is 0.346. The number of rotatable bonds is 9. The van der Waals surface area contributed by atoms with Crippen molar-refractivity contribution in [3.05, 3.63) is 111 Å². The van der Waals surface area contributed by atoms with Gasteiger partial charge in [-0.15, -0.1) is 0 Å². The third kappa shape index (κ3) is 6.11. The van der Waals surface area contributed by atoms with Crippen molar-refractivity contribution in [1.82, 2.24) is 14.1 Å². The minimum absolute atomic E-state index is 0.0828. The second-order valence-electron chi connectivity index (χ2n) is 12.0. The molecule has 2 heterocycles. The third-order valence-corrected chi connectivity index (χ3v) is 8.57. The highest BCUT2D eigenvalue weighted by Crippen LogP contribution is 2.36. The first-order valence-corrected chi connectivity index (χ1v) is 15.4. The Kier molecular flexibility index (Phi) is 9.06. The summed E-state index contributed by atoms with van der Waals surface area (Å²) in [6.07, 6.45) is 10.8. The molecule has 5 heteroatoms. The molecule has 0 aliphatic heterocycles. The van der Waals surface area contributed by atoms with Crippen LogP contribution in [0.25, 0.3) is 23.1 Å². The van der Waals surface area contributed by atoms with E-state index in [2.05, 4.69) is 93.6 Å². The zero-order chi connectivity index (χ0) is 29.8. The largest absolute Gasteiger partial charge is 0.457 e. The van der Waals surface area contributed by atoms with Crippen LogP contribution >= 0.6 is 0 Å². The fourth-order valence-electron chi connectivity index (χ4n) is 6.09. The van der Waals surface area contributed by atoms with Gasteiger partial charge in [-0.05, 0) is 88.8 Å². The maximum absolute atomic E-state index is 14.3. The number of H-pyrrole nitrogens is 1. The fraction of sp³-hybridized carbons (Fsp3) is 0.378. The maximum Gasteiger partial charge on any atom is 0.329 e. The molecule has 0 amide bonds. The van der Waals surface area contributed by atoms with Gasteiger partial charge in [-0.1, -0.05) is 74.2 Å². The molecule has 1 aliphatic rings. The van der Waals surface area contributed by atoms with Crippen molar-refractivity contribution in [3.63, 3.8) is 0 Å². The highest BCUT2D eigenvalue weighted by molar-refractivity contribution is 5.73. The topological polar surface area (TPSA) is 51.9 Å².